The lowest BCUT2D eigenvalue weighted by Gasteiger charge is -2.35. The number of benzene rings is 1. The molecule has 0 spiro atoms. The number of thiophene rings is 1. The number of piperazine rings is 1. The zero-order chi connectivity index (χ0) is 32.2. The predicted molar refractivity (Wildman–Crippen MR) is 179 cm³/mol. The molecule has 4 aromatic rings. The van der Waals surface area contributed by atoms with E-state index in [1.165, 1.54) is 31.9 Å². The van der Waals surface area contributed by atoms with Gasteiger partial charge in [-0.2, -0.15) is 0 Å². The van der Waals surface area contributed by atoms with Crippen molar-refractivity contribution in [2.24, 2.45) is 0 Å². The third-order valence-corrected chi connectivity index (χ3v) is 9.10. The summed E-state index contributed by atoms with van der Waals surface area (Å²) >= 11 is 20.6. The van der Waals surface area contributed by atoms with Crippen molar-refractivity contribution >= 4 is 85.3 Å². The maximum atomic E-state index is 13.5. The monoisotopic (exact) mass is 695 g/mol. The Hall–Kier alpha value is -3.33. The molecule has 1 aliphatic rings. The van der Waals surface area contributed by atoms with Gasteiger partial charge in [-0.15, -0.1) is 11.3 Å². The van der Waals surface area contributed by atoms with Crippen molar-refractivity contribution in [2.75, 3.05) is 69.1 Å². The average molecular weight is 697 g/mol. The quantitative estimate of drug-likeness (QED) is 0.172. The van der Waals surface area contributed by atoms with E-state index in [1.807, 2.05) is 19.9 Å². The Morgan fingerprint density at radius 3 is 2.36 bits per heavy atom. The molecule has 0 radical (unpaired) electrons. The molecule has 1 aliphatic heterocycles. The molecular weight excluding hydrogens is 665 g/mol. The van der Waals surface area contributed by atoms with Gasteiger partial charge in [0, 0.05) is 44.2 Å². The number of pyridine rings is 1. The van der Waals surface area contributed by atoms with Crippen LogP contribution in [0.3, 0.4) is 0 Å². The Bertz CT molecular complexity index is 1670. The summed E-state index contributed by atoms with van der Waals surface area (Å²) in [5.74, 6) is 1.62. The number of aliphatic hydroxyl groups excluding tert-OH is 1. The number of nitrogens with zero attached hydrogens (tertiary/aromatic N) is 5. The van der Waals surface area contributed by atoms with E-state index in [0.717, 1.165) is 32.0 Å². The van der Waals surface area contributed by atoms with Crippen LogP contribution in [-0.2, 0) is 0 Å². The number of β-amino-alcohol motifs (C(OH)–C–C–N with tert-alkyl or cyclic N) is 1. The van der Waals surface area contributed by atoms with Crippen LogP contribution in [-0.4, -0.2) is 90.5 Å². The van der Waals surface area contributed by atoms with Gasteiger partial charge in [-0.1, -0.05) is 34.8 Å². The lowest BCUT2D eigenvalue weighted by Crippen LogP contribution is -2.47. The normalized spacial score (nSPS) is 13.8. The highest BCUT2D eigenvalue weighted by atomic mass is 35.5. The zero-order valence-corrected chi connectivity index (χ0v) is 28.1. The first-order valence-corrected chi connectivity index (χ1v) is 16.0. The fourth-order valence-electron chi connectivity index (χ4n) is 4.88. The van der Waals surface area contributed by atoms with Crippen LogP contribution in [0.5, 0.6) is 17.2 Å². The Kier molecular flexibility index (Phi) is 10.6. The van der Waals surface area contributed by atoms with Crippen LogP contribution in [0.1, 0.15) is 24.2 Å². The number of amides is 1. The van der Waals surface area contributed by atoms with E-state index in [-0.39, 0.29) is 50.5 Å². The van der Waals surface area contributed by atoms with Gasteiger partial charge in [0.05, 0.1) is 54.6 Å². The van der Waals surface area contributed by atoms with Crippen LogP contribution >= 0.6 is 46.1 Å². The first kappa shape index (κ1) is 33.0. The molecule has 45 heavy (non-hydrogen) atoms. The molecule has 0 atom stereocenters. The lowest BCUT2D eigenvalue weighted by atomic mass is 10.2. The molecule has 1 saturated heterocycles. The van der Waals surface area contributed by atoms with Crippen molar-refractivity contribution in [3.8, 4) is 17.2 Å². The molecule has 3 aromatic heterocycles. The standard InChI is InChI=1S/C29H32Cl3N7O5S/c1-15(2)44-18-11-19(39-7-5-38(6-8-39)9-10-40)33-12-17(18)36-28-27-23(34-14-35-28)16(13-45-27)29(41)37-24-20(30)25(42-3)22(32)26(43-4)21(24)31/h11-15,40H,5-10H2,1-4H3,(H,37,41)(H,34,35,36). The number of carbonyl (C=O) groups is 1. The van der Waals surface area contributed by atoms with E-state index in [4.69, 9.17) is 54.0 Å². The second kappa shape index (κ2) is 14.4. The average Bonchev–Trinajstić information content (AvgIpc) is 3.46. The van der Waals surface area contributed by atoms with Gasteiger partial charge in [-0.25, -0.2) is 15.0 Å². The molecule has 0 unspecified atom stereocenters. The molecule has 240 valence electrons. The summed E-state index contributed by atoms with van der Waals surface area (Å²) in [6.07, 6.45) is 3.00. The number of halogens is 3. The predicted octanol–water partition coefficient (Wildman–Crippen LogP) is 5.96. The number of nitrogens with one attached hydrogen (secondary N) is 2. The number of methoxy groups -OCH3 is 2. The van der Waals surface area contributed by atoms with Crippen LogP contribution in [0.4, 0.5) is 23.0 Å². The highest BCUT2D eigenvalue weighted by Gasteiger charge is 2.26. The Morgan fingerprint density at radius 1 is 1.04 bits per heavy atom. The van der Waals surface area contributed by atoms with Crippen LogP contribution < -0.4 is 29.7 Å². The van der Waals surface area contributed by atoms with E-state index in [2.05, 4.69) is 30.4 Å². The second-order valence-electron chi connectivity index (χ2n) is 10.3. The van der Waals surface area contributed by atoms with Crippen LogP contribution in [0, 0.1) is 0 Å². The maximum absolute atomic E-state index is 13.5. The number of anilines is 4. The number of ether oxygens (including phenoxy) is 3. The van der Waals surface area contributed by atoms with Gasteiger partial charge in [-0.3, -0.25) is 9.69 Å². The minimum absolute atomic E-state index is 0.0267. The second-order valence-corrected chi connectivity index (χ2v) is 12.3. The summed E-state index contributed by atoms with van der Waals surface area (Å²) in [5, 5.41) is 17.1. The Labute approximate surface area is 279 Å². The van der Waals surface area contributed by atoms with E-state index in [9.17, 15) is 9.90 Å². The summed E-state index contributed by atoms with van der Waals surface area (Å²) in [4.78, 5) is 31.5. The molecule has 1 fully saturated rings. The fourth-order valence-corrected chi connectivity index (χ4v) is 6.94. The molecule has 12 nitrogen and oxygen atoms in total. The van der Waals surface area contributed by atoms with Crippen molar-refractivity contribution in [3.63, 3.8) is 0 Å². The highest BCUT2D eigenvalue weighted by molar-refractivity contribution is 7.18. The topological polar surface area (TPSA) is 134 Å². The lowest BCUT2D eigenvalue weighted by molar-refractivity contribution is 0.102. The Balaban J connectivity index is 1.42. The molecular formula is C29H32Cl3N7O5S. The number of fused-ring (bicyclic) bond motifs is 1. The summed E-state index contributed by atoms with van der Waals surface area (Å²) in [6.45, 7) is 7.98. The van der Waals surface area contributed by atoms with Gasteiger partial charge >= 0.3 is 0 Å². The molecule has 16 heteroatoms. The SMILES string of the molecule is COc1c(Cl)c(NC(=O)c2csc3c(Nc4cnc(N5CCN(CCO)CC5)cc4OC(C)C)ncnc23)c(Cl)c(OC)c1Cl. The zero-order valence-electron chi connectivity index (χ0n) is 25.0. The number of hydrogen-bond acceptors (Lipinski definition) is 12. The number of aliphatic hydroxyl groups is 1. The van der Waals surface area contributed by atoms with Gasteiger partial charge in [0.25, 0.3) is 5.91 Å². The van der Waals surface area contributed by atoms with E-state index in [1.54, 1.807) is 11.6 Å². The third-order valence-electron chi connectivity index (χ3n) is 7.06. The minimum Gasteiger partial charge on any atom is -0.493 e. The van der Waals surface area contributed by atoms with Gasteiger partial charge in [-0.05, 0) is 13.8 Å². The van der Waals surface area contributed by atoms with Gasteiger partial charge in [0.2, 0.25) is 0 Å². The van der Waals surface area contributed by atoms with Gasteiger partial charge in [0.1, 0.15) is 38.6 Å². The largest absolute Gasteiger partial charge is 0.493 e. The molecule has 0 saturated carbocycles. The molecule has 1 amide bonds. The number of carbonyl (C=O) groups excluding carboxylic acids is 1. The minimum atomic E-state index is -0.505. The smallest absolute Gasteiger partial charge is 0.258 e. The fraction of sp³-hybridized carbons (Fsp3) is 0.379. The van der Waals surface area contributed by atoms with Crippen LogP contribution in [0.2, 0.25) is 15.1 Å². The summed E-state index contributed by atoms with van der Waals surface area (Å²) in [7, 11) is 2.79. The molecule has 0 aliphatic carbocycles. The summed E-state index contributed by atoms with van der Waals surface area (Å²) < 4.78 is 17.4. The number of hydrogen-bond donors (Lipinski definition) is 3. The summed E-state index contributed by atoms with van der Waals surface area (Å²) in [6, 6.07) is 1.91. The molecule has 5 rings (SSSR count). The molecule has 0 bridgehead atoms. The number of aromatic nitrogens is 3. The van der Waals surface area contributed by atoms with E-state index < -0.39 is 5.91 Å². The van der Waals surface area contributed by atoms with Crippen molar-refractivity contribution in [3.05, 3.63) is 44.6 Å². The summed E-state index contributed by atoms with van der Waals surface area (Å²) in [5.41, 5.74) is 1.41. The first-order chi connectivity index (χ1) is 21.7. The number of rotatable bonds is 11. The van der Waals surface area contributed by atoms with Crippen LogP contribution in [0.25, 0.3) is 10.2 Å². The van der Waals surface area contributed by atoms with Crippen molar-refractivity contribution < 1.29 is 24.1 Å². The molecule has 3 N–H and O–H groups in total. The van der Waals surface area contributed by atoms with Gasteiger partial charge < -0.3 is 34.9 Å². The van der Waals surface area contributed by atoms with Crippen molar-refractivity contribution in [1.82, 2.24) is 19.9 Å². The molecule has 1 aromatic carbocycles. The van der Waals surface area contributed by atoms with Crippen LogP contribution in [0.15, 0.2) is 24.0 Å². The van der Waals surface area contributed by atoms with Gasteiger partial charge in [0.15, 0.2) is 17.3 Å². The van der Waals surface area contributed by atoms with Crippen molar-refractivity contribution in [2.45, 2.75) is 20.0 Å². The van der Waals surface area contributed by atoms with E-state index in [0.29, 0.717) is 34.0 Å². The maximum Gasteiger partial charge on any atom is 0.258 e. The van der Waals surface area contributed by atoms with E-state index >= 15 is 0 Å². The molecule has 4 heterocycles. The Morgan fingerprint density at radius 2 is 1.73 bits per heavy atom. The first-order valence-electron chi connectivity index (χ1n) is 14.0. The van der Waals surface area contributed by atoms with Crippen molar-refractivity contribution in [1.29, 1.82) is 0 Å². The third kappa shape index (κ3) is 6.93. The highest BCUT2D eigenvalue weighted by Crippen LogP contribution is 2.50.